The lowest BCUT2D eigenvalue weighted by Gasteiger charge is -2.11. The molecule has 3 nitrogen and oxygen atoms in total. The highest BCUT2D eigenvalue weighted by molar-refractivity contribution is 7.25. The topological polar surface area (TPSA) is 38.7 Å². The molecule has 0 amide bonds. The van der Waals surface area contributed by atoms with E-state index in [0.717, 1.165) is 33.6 Å². The van der Waals surface area contributed by atoms with Crippen LogP contribution < -0.4 is 0 Å². The summed E-state index contributed by atoms with van der Waals surface area (Å²) in [4.78, 5) is 14.3. The van der Waals surface area contributed by atoms with Gasteiger partial charge in [-0.25, -0.2) is 15.0 Å². The van der Waals surface area contributed by atoms with Crippen LogP contribution in [0, 0.1) is 0 Å². The van der Waals surface area contributed by atoms with E-state index < -0.39 is 54.4 Å². The van der Waals surface area contributed by atoms with E-state index in [1.54, 1.807) is 0 Å². The maximum absolute atomic E-state index is 9.28. The molecule has 7 aromatic carbocycles. The maximum Gasteiger partial charge on any atom is 0.164 e. The first-order chi connectivity index (χ1) is 28.8. The normalized spacial score (nSPS) is 14.4. The molecule has 4 heteroatoms. The van der Waals surface area contributed by atoms with Crippen molar-refractivity contribution in [3.8, 4) is 67.5 Å². The second-order valence-corrected chi connectivity index (χ2v) is 12.2. The van der Waals surface area contributed by atoms with Gasteiger partial charge in [-0.15, -0.1) is 11.3 Å². The first-order valence-electron chi connectivity index (χ1n) is 21.0. The lowest BCUT2D eigenvalue weighted by molar-refractivity contribution is 1.07. The van der Waals surface area contributed by atoms with Gasteiger partial charge in [0.05, 0.1) is 15.1 Å². The Hall–Kier alpha value is -6.23. The summed E-state index contributed by atoms with van der Waals surface area (Å²) in [6.45, 7) is 0. The molecule has 0 aliphatic rings. The molecule has 0 saturated carbocycles. The summed E-state index contributed by atoms with van der Waals surface area (Å²) in [5.74, 6) is 0.328. The molecule has 0 aliphatic carbocycles. The molecule has 0 atom stereocenters. The SMILES string of the molecule is [2H]c1c([2H])c(-c2c([2H])c([2H])c3c(sc4c([2H])c([2H])c([2H])c([2H])c43)c2[2H])c([2H])c([2H])c1-c1nc(-c2ccc(-c3ccccc3)cc2)nc(-c2cccc(-c3ccccc3)c2)n1. The standard InChI is InChI=1S/C45H29N3S/c1-3-10-30(11-4-1)32-18-22-34(23-19-32)43-46-44(48-45(47-43)38-15-9-14-36(28-38)31-12-5-2-6-13-31)35-24-20-33(21-25-35)37-26-27-40-39-16-7-8-17-41(39)49-42(40)29-37/h1-29H/i7D,8D,16D,17D,20D,21D,24D,25D,26D,27D,29D. The average Bonchev–Trinajstić information content (AvgIpc) is 3.70. The predicted molar refractivity (Wildman–Crippen MR) is 205 cm³/mol. The van der Waals surface area contributed by atoms with Gasteiger partial charge in [-0.2, -0.15) is 0 Å². The fourth-order valence-corrected chi connectivity index (χ4v) is 6.60. The monoisotopic (exact) mass is 654 g/mol. The van der Waals surface area contributed by atoms with E-state index in [1.165, 1.54) is 0 Å². The van der Waals surface area contributed by atoms with Crippen LogP contribution in [0.3, 0.4) is 0 Å². The van der Waals surface area contributed by atoms with Gasteiger partial charge in [0.1, 0.15) is 0 Å². The Morgan fingerprint density at radius 1 is 0.367 bits per heavy atom. The number of hydrogen-bond acceptors (Lipinski definition) is 4. The zero-order valence-electron chi connectivity index (χ0n) is 36.6. The van der Waals surface area contributed by atoms with Gasteiger partial charge in [-0.1, -0.05) is 158 Å². The van der Waals surface area contributed by atoms with Crippen LogP contribution in [0.5, 0.6) is 0 Å². The van der Waals surface area contributed by atoms with Crippen molar-refractivity contribution in [1.82, 2.24) is 15.0 Å². The van der Waals surface area contributed by atoms with Crippen LogP contribution in [0.15, 0.2) is 176 Å². The molecule has 0 bridgehead atoms. The highest BCUT2D eigenvalue weighted by atomic mass is 32.1. The molecular formula is C45H29N3S. The molecule has 0 aliphatic heterocycles. The molecule has 2 aromatic heterocycles. The van der Waals surface area contributed by atoms with Gasteiger partial charge in [-0.3, -0.25) is 0 Å². The van der Waals surface area contributed by atoms with Gasteiger partial charge in [0.2, 0.25) is 0 Å². The van der Waals surface area contributed by atoms with Gasteiger partial charge in [0, 0.05) is 36.9 Å². The molecule has 0 unspecified atom stereocenters. The maximum atomic E-state index is 9.28. The van der Waals surface area contributed by atoms with Crippen LogP contribution in [0.25, 0.3) is 87.7 Å². The van der Waals surface area contributed by atoms with Crippen LogP contribution in [0.1, 0.15) is 15.1 Å². The third-order valence-electron chi connectivity index (χ3n) is 8.10. The van der Waals surface area contributed by atoms with Crippen LogP contribution in [-0.4, -0.2) is 15.0 Å². The van der Waals surface area contributed by atoms with Crippen LogP contribution in [0.4, 0.5) is 0 Å². The van der Waals surface area contributed by atoms with E-state index in [1.807, 2.05) is 109 Å². The van der Waals surface area contributed by atoms with Crippen LogP contribution >= 0.6 is 11.3 Å². The summed E-state index contributed by atoms with van der Waals surface area (Å²) in [5, 5.41) is 0.00547. The second-order valence-electron chi connectivity index (χ2n) is 11.2. The van der Waals surface area contributed by atoms with Crippen molar-refractivity contribution >= 4 is 31.5 Å². The largest absolute Gasteiger partial charge is 0.208 e. The molecule has 2 heterocycles. The zero-order valence-corrected chi connectivity index (χ0v) is 26.5. The van der Waals surface area contributed by atoms with E-state index in [-0.39, 0.29) is 66.4 Å². The van der Waals surface area contributed by atoms with Crippen molar-refractivity contribution < 1.29 is 15.1 Å². The van der Waals surface area contributed by atoms with Crippen LogP contribution in [-0.2, 0) is 0 Å². The summed E-state index contributed by atoms with van der Waals surface area (Å²) < 4.78 is 97.7. The van der Waals surface area contributed by atoms with E-state index >= 15 is 0 Å². The smallest absolute Gasteiger partial charge is 0.164 e. The predicted octanol–water partition coefficient (Wildman–Crippen LogP) is 12.2. The minimum atomic E-state index is -0.584. The molecule has 0 spiro atoms. The van der Waals surface area contributed by atoms with E-state index in [4.69, 9.17) is 23.2 Å². The fourth-order valence-electron chi connectivity index (χ4n) is 5.63. The minimum Gasteiger partial charge on any atom is -0.208 e. The number of benzene rings is 7. The molecule has 9 rings (SSSR count). The molecule has 0 saturated heterocycles. The van der Waals surface area contributed by atoms with E-state index in [0.29, 0.717) is 11.1 Å². The summed E-state index contributed by atoms with van der Waals surface area (Å²) in [7, 11) is 0. The van der Waals surface area contributed by atoms with Crippen molar-refractivity contribution in [2.24, 2.45) is 0 Å². The Morgan fingerprint density at radius 2 is 0.878 bits per heavy atom. The van der Waals surface area contributed by atoms with Crippen molar-refractivity contribution in [2.75, 3.05) is 0 Å². The van der Waals surface area contributed by atoms with Crippen molar-refractivity contribution in [2.45, 2.75) is 0 Å². The fraction of sp³-hybridized carbons (Fsp3) is 0. The van der Waals surface area contributed by atoms with Crippen molar-refractivity contribution in [1.29, 1.82) is 0 Å². The van der Waals surface area contributed by atoms with Gasteiger partial charge < -0.3 is 0 Å². The van der Waals surface area contributed by atoms with Crippen molar-refractivity contribution in [3.63, 3.8) is 0 Å². The minimum absolute atomic E-state index is 0.00833. The van der Waals surface area contributed by atoms with E-state index in [2.05, 4.69) is 0 Å². The average molecular weight is 655 g/mol. The summed E-state index contributed by atoms with van der Waals surface area (Å²) in [6, 6.07) is 29.4. The number of nitrogens with zero attached hydrogens (tertiary/aromatic N) is 3. The Bertz CT molecular complexity index is 3180. The first kappa shape index (κ1) is 19.6. The first-order valence-corrected chi connectivity index (χ1v) is 16.3. The van der Waals surface area contributed by atoms with Gasteiger partial charge >= 0.3 is 0 Å². The Balaban J connectivity index is 1.25. The molecule has 0 fully saturated rings. The van der Waals surface area contributed by atoms with Gasteiger partial charge in [-0.05, 0) is 51.5 Å². The number of hydrogen-bond donors (Lipinski definition) is 0. The Kier molecular flexibility index (Phi) is 4.96. The molecule has 230 valence electrons. The third kappa shape index (κ3) is 5.69. The van der Waals surface area contributed by atoms with Gasteiger partial charge in [0.15, 0.2) is 17.5 Å². The van der Waals surface area contributed by atoms with Gasteiger partial charge in [0.25, 0.3) is 0 Å². The highest BCUT2D eigenvalue weighted by Gasteiger charge is 2.14. The lowest BCUT2D eigenvalue weighted by atomic mass is 10.0. The number of fused-ring (bicyclic) bond motifs is 3. The molecular weight excluding hydrogens is 615 g/mol. The third-order valence-corrected chi connectivity index (χ3v) is 9.12. The zero-order chi connectivity index (χ0) is 42.1. The molecule has 49 heavy (non-hydrogen) atoms. The summed E-state index contributed by atoms with van der Waals surface area (Å²) in [5.41, 5.74) is 4.16. The lowest BCUT2D eigenvalue weighted by Crippen LogP contribution is -2.00. The second kappa shape index (κ2) is 12.4. The van der Waals surface area contributed by atoms with Crippen LogP contribution in [0.2, 0.25) is 0 Å². The molecule has 9 aromatic rings. The Labute approximate surface area is 304 Å². The number of aromatic nitrogens is 3. The summed E-state index contributed by atoms with van der Waals surface area (Å²) in [6.07, 6.45) is 0. The number of thiophene rings is 1. The highest BCUT2D eigenvalue weighted by Crippen LogP contribution is 2.37. The number of rotatable bonds is 6. The molecule has 0 radical (unpaired) electrons. The Morgan fingerprint density at radius 3 is 1.61 bits per heavy atom. The van der Waals surface area contributed by atoms with Crippen molar-refractivity contribution in [3.05, 3.63) is 176 Å². The molecule has 0 N–H and O–H groups in total. The summed E-state index contributed by atoms with van der Waals surface area (Å²) >= 11 is 0.857. The quantitative estimate of drug-likeness (QED) is 0.179. The van der Waals surface area contributed by atoms with E-state index in [9.17, 15) is 6.85 Å².